The minimum Gasteiger partial charge on any atom is -0.319 e. The third kappa shape index (κ3) is 2.39. The van der Waals surface area contributed by atoms with E-state index in [0.29, 0.717) is 10.5 Å². The zero-order valence-corrected chi connectivity index (χ0v) is 13.9. The standard InChI is InChI=1S/C16H18N4OS/c1-5-11-7-6-8-12-14(11)20(4)16(22-12)17-15(21)13-10(2)9-19(3)18-13/h6-9H,5H2,1-4H3. The molecule has 114 valence electrons. The summed E-state index contributed by atoms with van der Waals surface area (Å²) in [6.45, 7) is 4.00. The Balaban J connectivity index is 2.16. The van der Waals surface area contributed by atoms with Gasteiger partial charge in [-0.3, -0.25) is 9.48 Å². The second kappa shape index (κ2) is 5.53. The number of para-hydroxylation sites is 1. The Labute approximate surface area is 132 Å². The fourth-order valence-corrected chi connectivity index (χ4v) is 3.70. The van der Waals surface area contributed by atoms with E-state index in [1.54, 1.807) is 11.7 Å². The van der Waals surface area contributed by atoms with E-state index in [9.17, 15) is 4.79 Å². The van der Waals surface area contributed by atoms with Crippen LogP contribution in [0.15, 0.2) is 29.4 Å². The van der Waals surface area contributed by atoms with Crippen molar-refractivity contribution >= 4 is 27.5 Å². The summed E-state index contributed by atoms with van der Waals surface area (Å²) in [4.78, 5) is 17.4. The highest BCUT2D eigenvalue weighted by molar-refractivity contribution is 7.16. The Hall–Kier alpha value is -2.21. The first-order valence-electron chi connectivity index (χ1n) is 7.18. The molecule has 3 aromatic rings. The van der Waals surface area contributed by atoms with Gasteiger partial charge in [0.1, 0.15) is 0 Å². The van der Waals surface area contributed by atoms with Crippen molar-refractivity contribution in [2.24, 2.45) is 19.1 Å². The largest absolute Gasteiger partial charge is 0.319 e. The Morgan fingerprint density at radius 2 is 2.14 bits per heavy atom. The van der Waals surface area contributed by atoms with Crippen molar-refractivity contribution in [1.82, 2.24) is 14.3 Å². The van der Waals surface area contributed by atoms with E-state index < -0.39 is 0 Å². The monoisotopic (exact) mass is 314 g/mol. The fraction of sp³-hybridized carbons (Fsp3) is 0.312. The molecular formula is C16H18N4OS. The number of aryl methyl sites for hydroxylation is 4. The molecule has 0 spiro atoms. The smallest absolute Gasteiger partial charge is 0.300 e. The summed E-state index contributed by atoms with van der Waals surface area (Å²) in [5.74, 6) is -0.293. The van der Waals surface area contributed by atoms with Gasteiger partial charge in [-0.15, -0.1) is 0 Å². The lowest BCUT2D eigenvalue weighted by molar-refractivity contribution is 0.0992. The number of rotatable bonds is 2. The zero-order chi connectivity index (χ0) is 15.9. The molecule has 1 aromatic carbocycles. The van der Waals surface area contributed by atoms with Crippen molar-refractivity contribution in [3.05, 3.63) is 46.0 Å². The lowest BCUT2D eigenvalue weighted by Crippen LogP contribution is -2.14. The number of carbonyl (C=O) groups excluding carboxylic acids is 1. The van der Waals surface area contributed by atoms with Gasteiger partial charge >= 0.3 is 0 Å². The second-order valence-electron chi connectivity index (χ2n) is 5.31. The number of hydrogen-bond acceptors (Lipinski definition) is 3. The van der Waals surface area contributed by atoms with Crippen LogP contribution in [0.5, 0.6) is 0 Å². The molecule has 1 amide bonds. The van der Waals surface area contributed by atoms with Gasteiger partial charge < -0.3 is 4.57 Å². The maximum Gasteiger partial charge on any atom is 0.300 e. The number of benzene rings is 1. The van der Waals surface area contributed by atoms with Crippen molar-refractivity contribution in [2.45, 2.75) is 20.3 Å². The van der Waals surface area contributed by atoms with Crippen molar-refractivity contribution in [1.29, 1.82) is 0 Å². The fourth-order valence-electron chi connectivity index (χ4n) is 2.63. The van der Waals surface area contributed by atoms with Crippen LogP contribution < -0.4 is 4.80 Å². The average Bonchev–Trinajstić information content (AvgIpc) is 2.99. The van der Waals surface area contributed by atoms with Gasteiger partial charge in [-0.1, -0.05) is 30.4 Å². The molecule has 2 aromatic heterocycles. The highest BCUT2D eigenvalue weighted by Gasteiger charge is 2.13. The quantitative estimate of drug-likeness (QED) is 0.730. The third-order valence-corrected chi connectivity index (χ3v) is 4.80. The first kappa shape index (κ1) is 14.7. The van der Waals surface area contributed by atoms with E-state index in [0.717, 1.165) is 22.2 Å². The van der Waals surface area contributed by atoms with Crippen LogP contribution in [0.3, 0.4) is 0 Å². The summed E-state index contributed by atoms with van der Waals surface area (Å²) in [6.07, 6.45) is 2.78. The summed E-state index contributed by atoms with van der Waals surface area (Å²) in [7, 11) is 3.76. The van der Waals surface area contributed by atoms with E-state index >= 15 is 0 Å². The first-order chi connectivity index (χ1) is 10.5. The van der Waals surface area contributed by atoms with Gasteiger partial charge in [0, 0.05) is 25.9 Å². The van der Waals surface area contributed by atoms with Crippen molar-refractivity contribution in [3.8, 4) is 0 Å². The van der Waals surface area contributed by atoms with Gasteiger partial charge in [-0.05, 0) is 25.0 Å². The number of nitrogens with zero attached hydrogens (tertiary/aromatic N) is 4. The van der Waals surface area contributed by atoms with Crippen molar-refractivity contribution in [3.63, 3.8) is 0 Å². The summed E-state index contributed by atoms with van der Waals surface area (Å²) < 4.78 is 4.78. The Kier molecular flexibility index (Phi) is 3.70. The molecule has 3 rings (SSSR count). The van der Waals surface area contributed by atoms with Crippen LogP contribution in [-0.4, -0.2) is 20.3 Å². The second-order valence-corrected chi connectivity index (χ2v) is 6.32. The van der Waals surface area contributed by atoms with Gasteiger partial charge in [-0.25, -0.2) is 0 Å². The number of amides is 1. The molecule has 0 atom stereocenters. The Morgan fingerprint density at radius 1 is 1.36 bits per heavy atom. The van der Waals surface area contributed by atoms with Crippen LogP contribution in [0.25, 0.3) is 10.2 Å². The van der Waals surface area contributed by atoms with E-state index in [4.69, 9.17) is 0 Å². The van der Waals surface area contributed by atoms with E-state index in [1.807, 2.05) is 30.8 Å². The van der Waals surface area contributed by atoms with Crippen LogP contribution in [0.2, 0.25) is 0 Å². The average molecular weight is 314 g/mol. The van der Waals surface area contributed by atoms with E-state index in [2.05, 4.69) is 29.1 Å². The predicted octanol–water partition coefficient (Wildman–Crippen LogP) is 2.59. The molecule has 0 radical (unpaired) electrons. The molecule has 0 unspecified atom stereocenters. The first-order valence-corrected chi connectivity index (χ1v) is 7.99. The highest BCUT2D eigenvalue weighted by atomic mass is 32.1. The molecule has 0 N–H and O–H groups in total. The Morgan fingerprint density at radius 3 is 2.77 bits per heavy atom. The maximum atomic E-state index is 12.4. The molecule has 0 aliphatic heterocycles. The van der Waals surface area contributed by atoms with E-state index in [-0.39, 0.29) is 5.91 Å². The summed E-state index contributed by atoms with van der Waals surface area (Å²) in [5.41, 5.74) is 3.67. The third-order valence-electron chi connectivity index (χ3n) is 3.70. The molecule has 22 heavy (non-hydrogen) atoms. The summed E-state index contributed by atoms with van der Waals surface area (Å²) >= 11 is 1.53. The highest BCUT2D eigenvalue weighted by Crippen LogP contribution is 2.21. The van der Waals surface area contributed by atoms with Gasteiger partial charge in [-0.2, -0.15) is 10.1 Å². The van der Waals surface area contributed by atoms with Gasteiger partial charge in [0.15, 0.2) is 10.5 Å². The van der Waals surface area contributed by atoms with Crippen LogP contribution >= 0.6 is 11.3 Å². The summed E-state index contributed by atoms with van der Waals surface area (Å²) in [5, 5.41) is 4.19. The lowest BCUT2D eigenvalue weighted by atomic mass is 10.1. The minimum atomic E-state index is -0.293. The van der Waals surface area contributed by atoms with Crippen LogP contribution in [0, 0.1) is 6.92 Å². The van der Waals surface area contributed by atoms with Crippen LogP contribution in [0.1, 0.15) is 28.5 Å². The lowest BCUT2D eigenvalue weighted by Gasteiger charge is -2.01. The predicted molar refractivity (Wildman–Crippen MR) is 88.0 cm³/mol. The zero-order valence-electron chi connectivity index (χ0n) is 13.1. The van der Waals surface area contributed by atoms with Crippen molar-refractivity contribution in [2.75, 3.05) is 0 Å². The molecule has 0 bridgehead atoms. The molecule has 0 fully saturated rings. The van der Waals surface area contributed by atoms with Crippen LogP contribution in [-0.2, 0) is 20.5 Å². The van der Waals surface area contributed by atoms with Gasteiger partial charge in [0.05, 0.1) is 10.2 Å². The van der Waals surface area contributed by atoms with E-state index in [1.165, 1.54) is 16.9 Å². The molecule has 0 saturated carbocycles. The maximum absolute atomic E-state index is 12.4. The number of thiazole rings is 1. The number of hydrogen-bond donors (Lipinski definition) is 0. The minimum absolute atomic E-state index is 0.293. The van der Waals surface area contributed by atoms with Crippen LogP contribution in [0.4, 0.5) is 0 Å². The number of aromatic nitrogens is 3. The Bertz CT molecular complexity index is 929. The molecule has 5 nitrogen and oxygen atoms in total. The summed E-state index contributed by atoms with van der Waals surface area (Å²) in [6, 6.07) is 6.23. The van der Waals surface area contributed by atoms with Gasteiger partial charge in [0.25, 0.3) is 5.91 Å². The molecule has 0 aliphatic carbocycles. The molecule has 0 aliphatic rings. The molecule has 0 saturated heterocycles. The van der Waals surface area contributed by atoms with Crippen molar-refractivity contribution < 1.29 is 4.79 Å². The normalized spacial score (nSPS) is 12.3. The van der Waals surface area contributed by atoms with Gasteiger partial charge in [0.2, 0.25) is 0 Å². The number of fused-ring (bicyclic) bond motifs is 1. The molecule has 6 heteroatoms. The molecular weight excluding hydrogens is 296 g/mol. The number of carbonyl (C=O) groups is 1. The molecule has 2 heterocycles. The topological polar surface area (TPSA) is 52.2 Å². The SMILES string of the molecule is CCc1cccc2sc(=NC(=O)c3nn(C)cc3C)n(C)c12.